The average Bonchev–Trinajstić information content (AvgIpc) is 4.01. The number of rotatable bonds is 5. The van der Waals surface area contributed by atoms with E-state index in [1.807, 2.05) is 133 Å². The highest BCUT2D eigenvalue weighted by molar-refractivity contribution is 6.13. The molecule has 0 N–H and O–H groups in total. The summed E-state index contributed by atoms with van der Waals surface area (Å²) in [7, 11) is 0. The molecule has 12 aromatic rings. The van der Waals surface area contributed by atoms with Crippen molar-refractivity contribution < 1.29 is 17.1 Å². The van der Waals surface area contributed by atoms with Crippen molar-refractivity contribution in [2.45, 2.75) is 0 Å². The van der Waals surface area contributed by atoms with Gasteiger partial charge in [-0.3, -0.25) is 0 Å². The van der Waals surface area contributed by atoms with E-state index in [1.165, 1.54) is 12.1 Å². The second kappa shape index (κ2) is 12.3. The van der Waals surface area contributed by atoms with Gasteiger partial charge in [-0.25, -0.2) is 15.0 Å². The fraction of sp³-hybridized carbons (Fsp3) is 0. The quantitative estimate of drug-likeness (QED) is 0.176. The number of fused-ring (bicyclic) bond motifs is 9. The summed E-state index contributed by atoms with van der Waals surface area (Å²) < 4.78 is 68.7. The molecule has 0 fully saturated rings. The topological polar surface area (TPSA) is 69.9 Å². The highest BCUT2D eigenvalue weighted by Crippen LogP contribution is 2.42. The van der Waals surface area contributed by atoms with E-state index in [-0.39, 0.29) is 63.9 Å². The van der Waals surface area contributed by atoms with Gasteiger partial charge in [0.25, 0.3) is 0 Å². The standard InChI is InChI=1S/C51H30N4O2/c1-2-14-31(15-3-1)49-52-50(54-51(53-49)40-22-13-27-46-47(40)39-19-7-11-26-45(39)56-46)38-29-28-32(33-20-12-21-37-36-18-6-10-25-44(36)57-48(33)37)30-43(38)55-41-23-8-4-16-34(41)35-17-5-9-24-42(35)55/h1-30H/i4D,5D,16D,17D,23D,24D. The van der Waals surface area contributed by atoms with Crippen LogP contribution in [0.15, 0.2) is 191 Å². The fourth-order valence-electron chi connectivity index (χ4n) is 8.10. The van der Waals surface area contributed by atoms with Gasteiger partial charge in [-0.15, -0.1) is 0 Å². The van der Waals surface area contributed by atoms with E-state index in [0.29, 0.717) is 34.1 Å². The van der Waals surface area contributed by atoms with Crippen molar-refractivity contribution in [3.63, 3.8) is 0 Å². The van der Waals surface area contributed by atoms with Gasteiger partial charge in [0.2, 0.25) is 0 Å². The van der Waals surface area contributed by atoms with Gasteiger partial charge in [-0.1, -0.05) is 139 Å². The Morgan fingerprint density at radius 1 is 0.421 bits per heavy atom. The molecular weight excluding hydrogens is 701 g/mol. The zero-order chi connectivity index (χ0) is 42.7. The van der Waals surface area contributed by atoms with Gasteiger partial charge in [0.05, 0.1) is 24.9 Å². The van der Waals surface area contributed by atoms with E-state index in [2.05, 4.69) is 0 Å². The van der Waals surface area contributed by atoms with Gasteiger partial charge in [-0.05, 0) is 48.0 Å². The molecule has 12 rings (SSSR count). The maximum absolute atomic E-state index is 9.34. The Morgan fingerprint density at radius 3 is 1.82 bits per heavy atom. The molecule has 4 heterocycles. The average molecular weight is 737 g/mol. The van der Waals surface area contributed by atoms with Gasteiger partial charge in [-0.2, -0.15) is 0 Å². The summed E-state index contributed by atoms with van der Waals surface area (Å²) in [6, 6.07) is 44.5. The first-order chi connectivity index (χ1) is 30.7. The lowest BCUT2D eigenvalue weighted by molar-refractivity contribution is 0.669. The molecule has 0 aliphatic heterocycles. The summed E-state index contributed by atoms with van der Waals surface area (Å²) >= 11 is 0. The van der Waals surface area contributed by atoms with Crippen LogP contribution in [-0.2, 0) is 0 Å². The van der Waals surface area contributed by atoms with Gasteiger partial charge in [0.1, 0.15) is 22.3 Å². The molecule has 6 nitrogen and oxygen atoms in total. The molecule has 8 aromatic carbocycles. The van der Waals surface area contributed by atoms with Crippen molar-refractivity contribution in [3.05, 3.63) is 182 Å². The summed E-state index contributed by atoms with van der Waals surface area (Å²) in [5.74, 6) is 1.08. The lowest BCUT2D eigenvalue weighted by atomic mass is 9.99. The van der Waals surface area contributed by atoms with Gasteiger partial charge in [0, 0.05) is 54.6 Å². The molecule has 0 saturated carbocycles. The first kappa shape index (κ1) is 26.1. The molecule has 0 amide bonds. The Labute approximate surface area is 334 Å². The molecule has 0 atom stereocenters. The molecule has 0 radical (unpaired) electrons. The molecule has 0 saturated heterocycles. The summed E-state index contributed by atoms with van der Waals surface area (Å²) in [6.07, 6.45) is 0. The number of aromatic nitrogens is 4. The molecule has 57 heavy (non-hydrogen) atoms. The van der Waals surface area contributed by atoms with E-state index >= 15 is 0 Å². The number of hydrogen-bond donors (Lipinski definition) is 0. The van der Waals surface area contributed by atoms with Crippen molar-refractivity contribution in [3.8, 4) is 51.0 Å². The second-order valence-electron chi connectivity index (χ2n) is 13.9. The second-order valence-corrected chi connectivity index (χ2v) is 13.9. The van der Waals surface area contributed by atoms with E-state index < -0.39 is 0 Å². The summed E-state index contributed by atoms with van der Waals surface area (Å²) in [4.78, 5) is 15.5. The highest BCUT2D eigenvalue weighted by atomic mass is 16.3. The third kappa shape index (κ3) is 4.87. The molecule has 6 heteroatoms. The summed E-state index contributed by atoms with van der Waals surface area (Å²) in [6.45, 7) is 0. The zero-order valence-electron chi connectivity index (χ0n) is 36.0. The van der Waals surface area contributed by atoms with Crippen LogP contribution >= 0.6 is 0 Å². The Kier molecular flexibility index (Phi) is 5.64. The molecule has 0 aliphatic rings. The highest BCUT2D eigenvalue weighted by Gasteiger charge is 2.23. The zero-order valence-corrected chi connectivity index (χ0v) is 30.0. The fourth-order valence-corrected chi connectivity index (χ4v) is 8.10. The van der Waals surface area contributed by atoms with Gasteiger partial charge in [0.15, 0.2) is 17.5 Å². The van der Waals surface area contributed by atoms with E-state index in [9.17, 15) is 2.74 Å². The van der Waals surface area contributed by atoms with Crippen LogP contribution < -0.4 is 0 Å². The van der Waals surface area contributed by atoms with Crippen molar-refractivity contribution in [1.82, 2.24) is 19.5 Å². The van der Waals surface area contributed by atoms with Crippen LogP contribution in [-0.4, -0.2) is 19.5 Å². The monoisotopic (exact) mass is 736 g/mol. The van der Waals surface area contributed by atoms with Crippen LogP contribution in [0.2, 0.25) is 0 Å². The van der Waals surface area contributed by atoms with Gasteiger partial charge < -0.3 is 13.4 Å². The molecule has 4 aromatic heterocycles. The third-order valence-corrected chi connectivity index (χ3v) is 10.6. The minimum absolute atomic E-state index is 0.0805. The van der Waals surface area contributed by atoms with Crippen LogP contribution in [0.3, 0.4) is 0 Å². The molecular formula is C51H30N4O2. The van der Waals surface area contributed by atoms with Crippen LogP contribution in [0.4, 0.5) is 0 Å². The predicted molar refractivity (Wildman–Crippen MR) is 230 cm³/mol. The third-order valence-electron chi connectivity index (χ3n) is 10.6. The molecule has 266 valence electrons. The number of benzene rings is 8. The molecule has 0 aliphatic carbocycles. The van der Waals surface area contributed by atoms with Crippen molar-refractivity contribution in [2.75, 3.05) is 0 Å². The normalized spacial score (nSPS) is 13.3. The number of furan rings is 2. The van der Waals surface area contributed by atoms with Crippen LogP contribution in [0.25, 0.3) is 117 Å². The minimum Gasteiger partial charge on any atom is -0.456 e. The van der Waals surface area contributed by atoms with Crippen molar-refractivity contribution in [2.24, 2.45) is 0 Å². The first-order valence-electron chi connectivity index (χ1n) is 21.5. The van der Waals surface area contributed by atoms with E-state index in [1.54, 1.807) is 4.57 Å². The van der Waals surface area contributed by atoms with Crippen LogP contribution in [0, 0.1) is 0 Å². The largest absolute Gasteiger partial charge is 0.456 e. The number of hydrogen-bond acceptors (Lipinski definition) is 5. The summed E-state index contributed by atoms with van der Waals surface area (Å²) in [5, 5.41) is 3.96. The Balaban J connectivity index is 1.22. The maximum atomic E-state index is 9.34. The molecule has 0 bridgehead atoms. The first-order valence-corrected chi connectivity index (χ1v) is 18.5. The molecule has 0 spiro atoms. The smallest absolute Gasteiger partial charge is 0.166 e. The maximum Gasteiger partial charge on any atom is 0.166 e. The van der Waals surface area contributed by atoms with Gasteiger partial charge >= 0.3 is 0 Å². The number of nitrogens with zero attached hydrogens (tertiary/aromatic N) is 4. The van der Waals surface area contributed by atoms with E-state index in [0.717, 1.165) is 55.0 Å². The van der Waals surface area contributed by atoms with Crippen molar-refractivity contribution in [1.29, 1.82) is 0 Å². The van der Waals surface area contributed by atoms with Crippen molar-refractivity contribution >= 4 is 65.7 Å². The molecule has 0 unspecified atom stereocenters. The Morgan fingerprint density at radius 2 is 1.04 bits per heavy atom. The lowest BCUT2D eigenvalue weighted by Gasteiger charge is -2.16. The van der Waals surface area contributed by atoms with E-state index in [4.69, 9.17) is 29.3 Å². The Bertz CT molecular complexity index is 3820. The lowest BCUT2D eigenvalue weighted by Crippen LogP contribution is -2.04. The predicted octanol–water partition coefficient (Wildman–Crippen LogP) is 13.4. The SMILES string of the molecule is [2H]c1cc([2H])c2c(c1[2H])c1c([2H])c([2H])cc([2H])c1n2-c1cc(-c2cccc3c2oc2ccccc23)ccc1-c1nc(-c2ccccc2)nc(-c2cccc3oc4ccccc4c23)n1. The number of para-hydroxylation sites is 5. The Hall–Kier alpha value is -7.83. The van der Waals surface area contributed by atoms with Crippen LogP contribution in [0.1, 0.15) is 8.22 Å². The summed E-state index contributed by atoms with van der Waals surface area (Å²) in [5.41, 5.74) is 7.22. The minimum atomic E-state index is -0.206. The van der Waals surface area contributed by atoms with Crippen LogP contribution in [0.5, 0.6) is 0 Å².